The Labute approximate surface area is 144 Å². The summed E-state index contributed by atoms with van der Waals surface area (Å²) >= 11 is 0. The van der Waals surface area contributed by atoms with Crippen molar-refractivity contribution in [1.29, 1.82) is 0 Å². The molecule has 0 radical (unpaired) electrons. The molecule has 25 heavy (non-hydrogen) atoms. The fraction of sp³-hybridized carbons (Fsp3) is 0.167. The fourth-order valence-corrected chi connectivity index (χ4v) is 2.51. The number of carbonyl (C=O) groups is 1. The molecule has 6 nitrogen and oxygen atoms in total. The van der Waals surface area contributed by atoms with Crippen LogP contribution in [-0.2, 0) is 13.6 Å². The van der Waals surface area contributed by atoms with Crippen LogP contribution in [0.4, 0.5) is 9.18 Å². The van der Waals surface area contributed by atoms with Crippen LogP contribution in [0, 0.1) is 5.82 Å². The van der Waals surface area contributed by atoms with Crippen LogP contribution in [0.2, 0.25) is 0 Å². The van der Waals surface area contributed by atoms with E-state index in [-0.39, 0.29) is 0 Å². The van der Waals surface area contributed by atoms with Gasteiger partial charge in [-0.25, -0.2) is 14.2 Å². The summed E-state index contributed by atoms with van der Waals surface area (Å²) in [7, 11) is 1.80. The summed E-state index contributed by atoms with van der Waals surface area (Å²) in [5.74, 6) is 0.147. The van der Waals surface area contributed by atoms with E-state index in [1.54, 1.807) is 54.6 Å². The first kappa shape index (κ1) is 16.6. The van der Waals surface area contributed by atoms with Gasteiger partial charge in [-0.2, -0.15) is 0 Å². The number of pyridine rings is 1. The summed E-state index contributed by atoms with van der Waals surface area (Å²) in [6, 6.07) is 8.86. The monoisotopic (exact) mass is 339 g/mol. The van der Waals surface area contributed by atoms with Crippen molar-refractivity contribution in [2.45, 2.75) is 12.6 Å². The fourth-order valence-electron chi connectivity index (χ4n) is 2.51. The van der Waals surface area contributed by atoms with Gasteiger partial charge in [-0.1, -0.05) is 18.2 Å². The summed E-state index contributed by atoms with van der Waals surface area (Å²) < 4.78 is 16.0. The van der Waals surface area contributed by atoms with E-state index in [1.165, 1.54) is 6.07 Å². The molecular weight excluding hydrogens is 321 g/mol. The van der Waals surface area contributed by atoms with Gasteiger partial charge in [0.1, 0.15) is 17.7 Å². The highest BCUT2D eigenvalue weighted by atomic mass is 19.1. The van der Waals surface area contributed by atoms with Crippen LogP contribution in [0.5, 0.6) is 0 Å². The molecule has 3 aromatic rings. The quantitative estimate of drug-likeness (QED) is 0.750. The Balaban J connectivity index is 1.77. The van der Waals surface area contributed by atoms with Gasteiger partial charge in [0, 0.05) is 43.9 Å². The smallest absolute Gasteiger partial charge is 0.315 e. The van der Waals surface area contributed by atoms with Crippen molar-refractivity contribution in [2.24, 2.45) is 7.05 Å². The van der Waals surface area contributed by atoms with Gasteiger partial charge >= 0.3 is 6.03 Å². The van der Waals surface area contributed by atoms with E-state index in [4.69, 9.17) is 0 Å². The number of nitrogens with zero attached hydrogens (tertiary/aromatic N) is 3. The van der Waals surface area contributed by atoms with E-state index in [0.717, 1.165) is 5.56 Å². The lowest BCUT2D eigenvalue weighted by Crippen LogP contribution is -2.39. The van der Waals surface area contributed by atoms with E-state index in [9.17, 15) is 9.18 Å². The van der Waals surface area contributed by atoms with Gasteiger partial charge in [0.05, 0.1) is 0 Å². The number of halogens is 1. The third kappa shape index (κ3) is 4.00. The molecule has 1 atom stereocenters. The number of aromatic nitrogens is 3. The minimum absolute atomic E-state index is 0.346. The molecule has 2 aromatic heterocycles. The van der Waals surface area contributed by atoms with E-state index < -0.39 is 17.9 Å². The van der Waals surface area contributed by atoms with E-state index >= 15 is 0 Å². The maximum atomic E-state index is 14.2. The molecule has 2 amide bonds. The number of carbonyl (C=O) groups excluding carboxylic acids is 1. The molecule has 7 heteroatoms. The molecule has 2 heterocycles. The zero-order chi connectivity index (χ0) is 17.6. The standard InChI is InChI=1S/C18H18FN5O/c1-24-11-10-21-17(24)16(14-4-2-3-5-15(14)19)23-18(25)22-12-13-6-8-20-9-7-13/h2-11,16H,12H2,1H3,(H2,22,23,25)/t16-/m1/s1. The van der Waals surface area contributed by atoms with Gasteiger partial charge in [0.15, 0.2) is 0 Å². The molecule has 0 saturated carbocycles. The zero-order valence-electron chi connectivity index (χ0n) is 13.7. The van der Waals surface area contributed by atoms with Crippen molar-refractivity contribution >= 4 is 6.03 Å². The molecule has 0 unspecified atom stereocenters. The second-order valence-corrected chi connectivity index (χ2v) is 5.53. The summed E-state index contributed by atoms with van der Waals surface area (Å²) in [5.41, 5.74) is 1.28. The lowest BCUT2D eigenvalue weighted by Gasteiger charge is -2.20. The Kier molecular flexibility index (Phi) is 5.03. The molecule has 0 saturated heterocycles. The first-order chi connectivity index (χ1) is 12.1. The van der Waals surface area contributed by atoms with Crippen LogP contribution in [-0.4, -0.2) is 20.6 Å². The van der Waals surface area contributed by atoms with Crippen LogP contribution in [0.25, 0.3) is 0 Å². The maximum Gasteiger partial charge on any atom is 0.315 e. The van der Waals surface area contributed by atoms with Crippen molar-refractivity contribution in [2.75, 3.05) is 0 Å². The molecule has 2 N–H and O–H groups in total. The van der Waals surface area contributed by atoms with Crippen molar-refractivity contribution in [3.63, 3.8) is 0 Å². The number of amides is 2. The SMILES string of the molecule is Cn1ccnc1[C@H](NC(=O)NCc1ccncc1)c1ccccc1F. The molecule has 0 spiro atoms. The van der Waals surface area contributed by atoms with Crippen LogP contribution in [0.15, 0.2) is 61.2 Å². The second-order valence-electron chi connectivity index (χ2n) is 5.53. The number of hydrogen-bond acceptors (Lipinski definition) is 3. The van der Waals surface area contributed by atoms with Crippen molar-refractivity contribution in [3.8, 4) is 0 Å². The topological polar surface area (TPSA) is 71.8 Å². The molecule has 1 aromatic carbocycles. The number of nitrogens with one attached hydrogen (secondary N) is 2. The Morgan fingerprint density at radius 1 is 1.20 bits per heavy atom. The van der Waals surface area contributed by atoms with Crippen LogP contribution < -0.4 is 10.6 Å². The average molecular weight is 339 g/mol. The van der Waals surface area contributed by atoms with Crippen LogP contribution in [0.1, 0.15) is 23.0 Å². The summed E-state index contributed by atoms with van der Waals surface area (Å²) in [6.45, 7) is 0.346. The molecule has 0 aliphatic heterocycles. The predicted molar refractivity (Wildman–Crippen MR) is 91.1 cm³/mol. The Morgan fingerprint density at radius 2 is 1.96 bits per heavy atom. The zero-order valence-corrected chi connectivity index (χ0v) is 13.7. The number of urea groups is 1. The minimum Gasteiger partial charge on any atom is -0.336 e. The molecule has 0 bridgehead atoms. The van der Waals surface area contributed by atoms with Gasteiger partial charge in [0.2, 0.25) is 0 Å². The highest BCUT2D eigenvalue weighted by molar-refractivity contribution is 5.74. The first-order valence-electron chi connectivity index (χ1n) is 7.80. The van der Waals surface area contributed by atoms with E-state index in [1.807, 2.05) is 12.1 Å². The number of hydrogen-bond donors (Lipinski definition) is 2. The number of aryl methyl sites for hydroxylation is 1. The first-order valence-corrected chi connectivity index (χ1v) is 7.80. The Morgan fingerprint density at radius 3 is 2.64 bits per heavy atom. The molecular formula is C18H18FN5O. The highest BCUT2D eigenvalue weighted by Crippen LogP contribution is 2.22. The molecule has 0 fully saturated rings. The van der Waals surface area contributed by atoms with E-state index in [2.05, 4.69) is 20.6 Å². The summed E-state index contributed by atoms with van der Waals surface area (Å²) in [4.78, 5) is 20.5. The number of imidazole rings is 1. The summed E-state index contributed by atoms with van der Waals surface area (Å²) in [6.07, 6.45) is 6.68. The maximum absolute atomic E-state index is 14.2. The number of rotatable bonds is 5. The molecule has 0 aliphatic rings. The third-order valence-corrected chi connectivity index (χ3v) is 3.81. The molecule has 3 rings (SSSR count). The lowest BCUT2D eigenvalue weighted by atomic mass is 10.1. The van der Waals surface area contributed by atoms with Gasteiger partial charge in [-0.15, -0.1) is 0 Å². The average Bonchev–Trinajstić information content (AvgIpc) is 3.05. The van der Waals surface area contributed by atoms with Crippen molar-refractivity contribution in [1.82, 2.24) is 25.2 Å². The van der Waals surface area contributed by atoms with Crippen molar-refractivity contribution in [3.05, 3.63) is 84.0 Å². The predicted octanol–water partition coefficient (Wildman–Crippen LogP) is 2.54. The summed E-state index contributed by atoms with van der Waals surface area (Å²) in [5, 5.41) is 5.56. The van der Waals surface area contributed by atoms with Gasteiger partial charge in [0.25, 0.3) is 0 Å². The van der Waals surface area contributed by atoms with Crippen LogP contribution >= 0.6 is 0 Å². The Bertz CT molecular complexity index is 849. The lowest BCUT2D eigenvalue weighted by molar-refractivity contribution is 0.237. The van der Waals surface area contributed by atoms with Crippen LogP contribution in [0.3, 0.4) is 0 Å². The van der Waals surface area contributed by atoms with Gasteiger partial charge in [-0.3, -0.25) is 4.98 Å². The molecule has 0 aliphatic carbocycles. The van der Waals surface area contributed by atoms with E-state index in [0.29, 0.717) is 17.9 Å². The largest absolute Gasteiger partial charge is 0.336 e. The highest BCUT2D eigenvalue weighted by Gasteiger charge is 2.23. The molecule has 128 valence electrons. The van der Waals surface area contributed by atoms with Gasteiger partial charge < -0.3 is 15.2 Å². The third-order valence-electron chi connectivity index (χ3n) is 3.81. The Hall–Kier alpha value is -3.22. The minimum atomic E-state index is -0.696. The second kappa shape index (κ2) is 7.57. The normalized spacial score (nSPS) is 11.8. The number of benzene rings is 1. The van der Waals surface area contributed by atoms with Gasteiger partial charge in [-0.05, 0) is 23.8 Å². The van der Waals surface area contributed by atoms with Crippen molar-refractivity contribution < 1.29 is 9.18 Å².